The smallest absolute Gasteiger partial charge is 0.225 e. The summed E-state index contributed by atoms with van der Waals surface area (Å²) in [5.41, 5.74) is 1.82. The number of aryl methyl sites for hydroxylation is 1. The summed E-state index contributed by atoms with van der Waals surface area (Å²) in [7, 11) is 1.92. The molecule has 90 valence electrons. The second kappa shape index (κ2) is 4.97. The fraction of sp³-hybridized carbons (Fsp3) is 0.333. The first-order chi connectivity index (χ1) is 8.20. The fourth-order valence-corrected chi connectivity index (χ4v) is 1.53. The van der Waals surface area contributed by atoms with Crippen molar-refractivity contribution in [2.75, 3.05) is 11.9 Å². The van der Waals surface area contributed by atoms with Crippen molar-refractivity contribution >= 4 is 5.95 Å². The Balaban J connectivity index is 2.09. The molecule has 17 heavy (non-hydrogen) atoms. The maximum atomic E-state index is 8.90. The van der Waals surface area contributed by atoms with Gasteiger partial charge < -0.3 is 14.4 Å². The van der Waals surface area contributed by atoms with Gasteiger partial charge in [-0.15, -0.1) is 0 Å². The van der Waals surface area contributed by atoms with Crippen molar-refractivity contribution in [3.63, 3.8) is 0 Å². The van der Waals surface area contributed by atoms with Gasteiger partial charge in [0.2, 0.25) is 5.95 Å². The number of aromatic nitrogens is 2. The van der Waals surface area contributed by atoms with Gasteiger partial charge in [-0.25, -0.2) is 9.97 Å². The largest absolute Gasteiger partial charge is 0.469 e. The van der Waals surface area contributed by atoms with E-state index in [1.807, 2.05) is 24.9 Å². The summed E-state index contributed by atoms with van der Waals surface area (Å²) in [6, 6.07) is 1.94. The lowest BCUT2D eigenvalue weighted by atomic mass is 10.2. The second-order valence-corrected chi connectivity index (χ2v) is 3.91. The van der Waals surface area contributed by atoms with Gasteiger partial charge in [0.15, 0.2) is 0 Å². The Morgan fingerprint density at radius 2 is 2.06 bits per heavy atom. The quantitative estimate of drug-likeness (QED) is 0.867. The molecule has 2 rings (SSSR count). The highest BCUT2D eigenvalue weighted by Gasteiger charge is 2.08. The molecule has 0 bridgehead atoms. The van der Waals surface area contributed by atoms with Crippen molar-refractivity contribution in [1.29, 1.82) is 0 Å². The van der Waals surface area contributed by atoms with Gasteiger partial charge in [0.1, 0.15) is 5.76 Å². The molecule has 0 radical (unpaired) electrons. The van der Waals surface area contributed by atoms with E-state index in [9.17, 15) is 0 Å². The summed E-state index contributed by atoms with van der Waals surface area (Å²) in [5.74, 6) is 1.53. The van der Waals surface area contributed by atoms with Crippen molar-refractivity contribution < 1.29 is 9.52 Å². The van der Waals surface area contributed by atoms with E-state index in [2.05, 4.69) is 9.97 Å². The third kappa shape index (κ3) is 2.62. The van der Waals surface area contributed by atoms with Crippen LogP contribution in [0.15, 0.2) is 29.1 Å². The number of nitrogens with zero attached hydrogens (tertiary/aromatic N) is 3. The minimum absolute atomic E-state index is 0.0369. The number of anilines is 1. The van der Waals surface area contributed by atoms with E-state index in [-0.39, 0.29) is 6.61 Å². The number of hydrogen-bond donors (Lipinski definition) is 1. The van der Waals surface area contributed by atoms with Gasteiger partial charge in [0, 0.05) is 37.1 Å². The van der Waals surface area contributed by atoms with Crippen molar-refractivity contribution in [2.45, 2.75) is 20.1 Å². The van der Waals surface area contributed by atoms with Crippen LogP contribution >= 0.6 is 0 Å². The average molecular weight is 233 g/mol. The SMILES string of the molecule is Cc1occc1CN(C)c1ncc(CO)cn1. The van der Waals surface area contributed by atoms with E-state index in [4.69, 9.17) is 9.52 Å². The molecule has 1 N–H and O–H groups in total. The predicted molar refractivity (Wildman–Crippen MR) is 63.5 cm³/mol. The van der Waals surface area contributed by atoms with Crippen LogP contribution in [0.4, 0.5) is 5.95 Å². The highest BCUT2D eigenvalue weighted by atomic mass is 16.3. The van der Waals surface area contributed by atoms with Crippen LogP contribution in [0.2, 0.25) is 0 Å². The molecule has 5 nitrogen and oxygen atoms in total. The first-order valence-electron chi connectivity index (χ1n) is 5.36. The van der Waals surface area contributed by atoms with Gasteiger partial charge in [-0.05, 0) is 13.0 Å². The Morgan fingerprint density at radius 1 is 1.35 bits per heavy atom. The van der Waals surface area contributed by atoms with Gasteiger partial charge in [-0.2, -0.15) is 0 Å². The first kappa shape index (κ1) is 11.6. The lowest BCUT2D eigenvalue weighted by Crippen LogP contribution is -2.19. The van der Waals surface area contributed by atoms with E-state index in [0.717, 1.165) is 11.3 Å². The molecule has 2 heterocycles. The molecule has 2 aromatic rings. The number of hydrogen-bond acceptors (Lipinski definition) is 5. The van der Waals surface area contributed by atoms with Crippen molar-refractivity contribution in [3.05, 3.63) is 41.6 Å². The number of furan rings is 1. The number of aliphatic hydroxyl groups excluding tert-OH is 1. The van der Waals surface area contributed by atoms with Gasteiger partial charge in [-0.1, -0.05) is 0 Å². The molecule has 0 fully saturated rings. The summed E-state index contributed by atoms with van der Waals surface area (Å²) in [6.45, 7) is 2.59. The molecule has 5 heteroatoms. The van der Waals surface area contributed by atoms with Gasteiger partial charge >= 0.3 is 0 Å². The van der Waals surface area contributed by atoms with E-state index in [0.29, 0.717) is 18.1 Å². The molecule has 2 aromatic heterocycles. The van der Waals surface area contributed by atoms with E-state index in [1.165, 1.54) is 0 Å². The highest BCUT2D eigenvalue weighted by Crippen LogP contribution is 2.14. The van der Waals surface area contributed by atoms with Crippen molar-refractivity contribution in [1.82, 2.24) is 9.97 Å². The van der Waals surface area contributed by atoms with E-state index in [1.54, 1.807) is 18.7 Å². The zero-order valence-corrected chi connectivity index (χ0v) is 9.92. The Labute approximate surface area is 99.7 Å². The molecular weight excluding hydrogens is 218 g/mol. The fourth-order valence-electron chi connectivity index (χ4n) is 1.53. The summed E-state index contributed by atoms with van der Waals surface area (Å²) in [6.07, 6.45) is 4.93. The topological polar surface area (TPSA) is 62.4 Å². The monoisotopic (exact) mass is 233 g/mol. The Morgan fingerprint density at radius 3 is 2.59 bits per heavy atom. The first-order valence-corrected chi connectivity index (χ1v) is 5.36. The number of rotatable bonds is 4. The van der Waals surface area contributed by atoms with Crippen LogP contribution < -0.4 is 4.90 Å². The second-order valence-electron chi connectivity index (χ2n) is 3.91. The molecule has 0 unspecified atom stereocenters. The molecule has 0 spiro atoms. The summed E-state index contributed by atoms with van der Waals surface area (Å²) < 4.78 is 5.24. The molecule has 0 saturated heterocycles. The van der Waals surface area contributed by atoms with Crippen molar-refractivity contribution in [2.24, 2.45) is 0 Å². The minimum atomic E-state index is -0.0369. The number of aliphatic hydroxyl groups is 1. The van der Waals surface area contributed by atoms with Crippen LogP contribution in [0, 0.1) is 6.92 Å². The Bertz CT molecular complexity index is 479. The maximum absolute atomic E-state index is 8.90. The minimum Gasteiger partial charge on any atom is -0.469 e. The van der Waals surface area contributed by atoms with Crippen LogP contribution in [0.25, 0.3) is 0 Å². The highest BCUT2D eigenvalue weighted by molar-refractivity contribution is 5.31. The molecule has 0 atom stereocenters. The lowest BCUT2D eigenvalue weighted by Gasteiger charge is -2.16. The van der Waals surface area contributed by atoms with Crippen LogP contribution in [0.1, 0.15) is 16.9 Å². The standard InChI is InChI=1S/C12H15N3O2/c1-9-11(3-4-17-9)7-15(2)12-13-5-10(8-16)6-14-12/h3-6,16H,7-8H2,1-2H3. The van der Waals surface area contributed by atoms with Crippen LogP contribution in [-0.4, -0.2) is 22.1 Å². The Hall–Kier alpha value is -1.88. The van der Waals surface area contributed by atoms with Crippen molar-refractivity contribution in [3.8, 4) is 0 Å². The molecule has 0 aliphatic carbocycles. The molecule has 0 aliphatic rings. The molecule has 0 amide bonds. The predicted octanol–water partition coefficient (Wildman–Crippen LogP) is 1.51. The van der Waals surface area contributed by atoms with Gasteiger partial charge in [0.25, 0.3) is 0 Å². The molecule has 0 aliphatic heterocycles. The van der Waals surface area contributed by atoms with Gasteiger partial charge in [-0.3, -0.25) is 0 Å². The third-order valence-electron chi connectivity index (χ3n) is 2.59. The lowest BCUT2D eigenvalue weighted by molar-refractivity contribution is 0.281. The molecule has 0 aromatic carbocycles. The van der Waals surface area contributed by atoms with Crippen LogP contribution in [0.5, 0.6) is 0 Å². The Kier molecular flexibility index (Phi) is 3.39. The van der Waals surface area contributed by atoms with E-state index >= 15 is 0 Å². The van der Waals surface area contributed by atoms with E-state index < -0.39 is 0 Å². The van der Waals surface area contributed by atoms with Gasteiger partial charge in [0.05, 0.1) is 12.9 Å². The normalized spacial score (nSPS) is 10.5. The van der Waals surface area contributed by atoms with Crippen LogP contribution in [-0.2, 0) is 13.2 Å². The maximum Gasteiger partial charge on any atom is 0.225 e. The zero-order valence-electron chi connectivity index (χ0n) is 9.92. The summed E-state index contributed by atoms with van der Waals surface area (Å²) in [4.78, 5) is 10.3. The average Bonchev–Trinajstić information content (AvgIpc) is 2.75. The molecule has 0 saturated carbocycles. The summed E-state index contributed by atoms with van der Waals surface area (Å²) in [5, 5.41) is 8.90. The third-order valence-corrected chi connectivity index (χ3v) is 2.59. The van der Waals surface area contributed by atoms with Crippen LogP contribution in [0.3, 0.4) is 0 Å². The summed E-state index contributed by atoms with van der Waals surface area (Å²) >= 11 is 0. The molecular formula is C12H15N3O2. The zero-order chi connectivity index (χ0) is 12.3.